The maximum Gasteiger partial charge on any atom is 0.469 e. The standard InChI is InChI=1S/C45H77O11P/c1-3-5-7-8-9-10-11-12-13-14-15-16-17-18-19-20-21-22-27-31-44(49)54-36-39(37-55-57(51,52)53)56-45(50)32-28-24-23-26-30-40-41(43(48)35-42(40)47)34-33-38(46)29-25-6-4-2/h9-10,12-13,23,26,33-34,38-41,43,46,48H,3-8,11,14-22,24-25,27-32,35-37H2,1-2H3,(H2,51,52,53)/b10-9-,13-12-,26-23-,34-33+/t38-,39+,40+,41+,43+/m0/s1. The molecule has 0 aromatic carbocycles. The maximum absolute atomic E-state index is 12.5. The Labute approximate surface area is 344 Å². The fourth-order valence-electron chi connectivity index (χ4n) is 6.80. The van der Waals surface area contributed by atoms with Gasteiger partial charge in [-0.25, -0.2) is 4.57 Å². The molecule has 11 nitrogen and oxygen atoms in total. The van der Waals surface area contributed by atoms with Gasteiger partial charge >= 0.3 is 19.8 Å². The monoisotopic (exact) mass is 825 g/mol. The number of aliphatic hydroxyl groups excluding tert-OH is 2. The number of phosphoric ester groups is 1. The average molecular weight is 825 g/mol. The molecule has 0 aliphatic heterocycles. The topological polar surface area (TPSA) is 177 Å². The van der Waals surface area contributed by atoms with Gasteiger partial charge < -0.3 is 29.5 Å². The third-order valence-electron chi connectivity index (χ3n) is 10.2. The summed E-state index contributed by atoms with van der Waals surface area (Å²) in [5.74, 6) is -1.84. The fraction of sp³-hybridized carbons (Fsp3) is 0.756. The lowest BCUT2D eigenvalue weighted by molar-refractivity contribution is -0.161. The number of carbonyl (C=O) groups is 3. The SMILES string of the molecule is CCCCC/C=C\C/C=C\CCCCCCCCCCCC(=O)OC[C@H](COP(=O)(O)O)OC(=O)CCC/C=C\C[C@H]1C(=O)C[C@@H](O)[C@@H]1/C=C/[C@@H](O)CCCCC. The van der Waals surface area contributed by atoms with E-state index in [1.54, 1.807) is 12.2 Å². The number of unbranched alkanes of at least 4 members (excludes halogenated alkanes) is 15. The second-order valence-corrected chi connectivity index (χ2v) is 16.7. The first-order valence-corrected chi connectivity index (χ1v) is 23.6. The molecule has 4 N–H and O–H groups in total. The van der Waals surface area contributed by atoms with E-state index in [1.807, 2.05) is 12.2 Å². The highest BCUT2D eigenvalue weighted by Crippen LogP contribution is 2.36. The first-order valence-electron chi connectivity index (χ1n) is 22.0. The van der Waals surface area contributed by atoms with Gasteiger partial charge in [-0.15, -0.1) is 0 Å². The molecule has 1 saturated carbocycles. The van der Waals surface area contributed by atoms with Crippen LogP contribution in [0.3, 0.4) is 0 Å². The van der Waals surface area contributed by atoms with Crippen molar-refractivity contribution in [1.29, 1.82) is 0 Å². The van der Waals surface area contributed by atoms with E-state index in [1.165, 1.54) is 57.8 Å². The van der Waals surface area contributed by atoms with Crippen LogP contribution in [0.15, 0.2) is 48.6 Å². The number of hydrogen-bond acceptors (Lipinski definition) is 9. The van der Waals surface area contributed by atoms with E-state index < -0.39 is 44.7 Å². The van der Waals surface area contributed by atoms with Crippen LogP contribution in [-0.4, -0.2) is 69.2 Å². The van der Waals surface area contributed by atoms with Crippen LogP contribution in [0.5, 0.6) is 0 Å². The number of Topliss-reactive ketones (excluding diaryl/α,β-unsaturated/α-hetero) is 1. The number of hydrogen-bond donors (Lipinski definition) is 4. The van der Waals surface area contributed by atoms with Gasteiger partial charge in [0.2, 0.25) is 0 Å². The molecular weight excluding hydrogens is 747 g/mol. The smallest absolute Gasteiger partial charge is 0.462 e. The van der Waals surface area contributed by atoms with Crippen LogP contribution < -0.4 is 0 Å². The summed E-state index contributed by atoms with van der Waals surface area (Å²) in [4.78, 5) is 55.6. The Morgan fingerprint density at radius 2 is 1.30 bits per heavy atom. The molecule has 1 rings (SSSR count). The first kappa shape index (κ1) is 52.6. The molecule has 0 spiro atoms. The van der Waals surface area contributed by atoms with Crippen LogP contribution >= 0.6 is 7.82 Å². The lowest BCUT2D eigenvalue weighted by atomic mass is 9.90. The molecule has 1 fully saturated rings. The molecule has 0 saturated heterocycles. The average Bonchev–Trinajstić information content (AvgIpc) is 3.44. The number of aliphatic hydroxyl groups is 2. The molecule has 0 amide bonds. The van der Waals surface area contributed by atoms with E-state index >= 15 is 0 Å². The lowest BCUT2D eigenvalue weighted by Crippen LogP contribution is -2.29. The molecule has 0 unspecified atom stereocenters. The number of allylic oxidation sites excluding steroid dienone is 6. The van der Waals surface area contributed by atoms with Crippen molar-refractivity contribution in [2.45, 2.75) is 193 Å². The third kappa shape index (κ3) is 30.3. The van der Waals surface area contributed by atoms with Gasteiger partial charge in [-0.2, -0.15) is 0 Å². The summed E-state index contributed by atoms with van der Waals surface area (Å²) in [6, 6.07) is 0. The molecule has 0 heterocycles. The zero-order valence-electron chi connectivity index (χ0n) is 35.2. The number of rotatable bonds is 36. The predicted octanol–water partition coefficient (Wildman–Crippen LogP) is 10.1. The summed E-state index contributed by atoms with van der Waals surface area (Å²) in [5.41, 5.74) is 0. The summed E-state index contributed by atoms with van der Waals surface area (Å²) in [6.07, 6.45) is 36.2. The summed E-state index contributed by atoms with van der Waals surface area (Å²) >= 11 is 0. The summed E-state index contributed by atoms with van der Waals surface area (Å²) in [5, 5.41) is 20.6. The molecule has 328 valence electrons. The number of phosphoric acid groups is 1. The zero-order chi connectivity index (χ0) is 42.0. The minimum absolute atomic E-state index is 0.0156. The molecule has 1 aliphatic carbocycles. The summed E-state index contributed by atoms with van der Waals surface area (Å²) in [7, 11) is -4.83. The minimum Gasteiger partial charge on any atom is -0.462 e. The Bertz CT molecular complexity index is 1220. The highest BCUT2D eigenvalue weighted by Gasteiger charge is 2.39. The zero-order valence-corrected chi connectivity index (χ0v) is 36.1. The first-order chi connectivity index (χ1) is 27.5. The number of ketones is 1. The van der Waals surface area contributed by atoms with Gasteiger partial charge in [0.15, 0.2) is 6.10 Å². The van der Waals surface area contributed by atoms with E-state index in [4.69, 9.17) is 19.3 Å². The van der Waals surface area contributed by atoms with Gasteiger partial charge in [-0.05, 0) is 64.2 Å². The Kier molecular flexibility index (Phi) is 31.8. The van der Waals surface area contributed by atoms with Crippen LogP contribution in [0.1, 0.15) is 174 Å². The van der Waals surface area contributed by atoms with Crippen LogP contribution in [0.25, 0.3) is 0 Å². The molecular formula is C45H77O11P. The van der Waals surface area contributed by atoms with Crippen molar-refractivity contribution < 1.29 is 52.9 Å². The van der Waals surface area contributed by atoms with Gasteiger partial charge in [-0.1, -0.05) is 140 Å². The number of esters is 2. The van der Waals surface area contributed by atoms with E-state index in [-0.39, 0.29) is 43.5 Å². The lowest BCUT2D eigenvalue weighted by Gasteiger charge is -2.18. The molecule has 0 bridgehead atoms. The Balaban J connectivity index is 2.26. The van der Waals surface area contributed by atoms with Crippen molar-refractivity contribution in [3.63, 3.8) is 0 Å². The van der Waals surface area contributed by atoms with E-state index in [2.05, 4.69) is 42.7 Å². The quantitative estimate of drug-likeness (QED) is 0.0205. The van der Waals surface area contributed by atoms with Crippen LogP contribution in [0.4, 0.5) is 0 Å². The molecule has 12 heteroatoms. The van der Waals surface area contributed by atoms with Gasteiger partial charge in [0.1, 0.15) is 12.4 Å². The Morgan fingerprint density at radius 1 is 0.737 bits per heavy atom. The van der Waals surface area contributed by atoms with Gasteiger partial charge in [0.05, 0.1) is 18.8 Å². The van der Waals surface area contributed by atoms with Crippen molar-refractivity contribution in [3.8, 4) is 0 Å². The maximum atomic E-state index is 12.5. The molecule has 57 heavy (non-hydrogen) atoms. The summed E-state index contributed by atoms with van der Waals surface area (Å²) < 4.78 is 26.4. The molecule has 0 aromatic heterocycles. The van der Waals surface area contributed by atoms with Crippen molar-refractivity contribution >= 4 is 25.5 Å². The van der Waals surface area contributed by atoms with Gasteiger partial charge in [0.25, 0.3) is 0 Å². The third-order valence-corrected chi connectivity index (χ3v) is 10.7. The van der Waals surface area contributed by atoms with E-state index in [9.17, 15) is 29.2 Å². The van der Waals surface area contributed by atoms with Crippen LogP contribution in [-0.2, 0) is 32.9 Å². The van der Waals surface area contributed by atoms with E-state index in [0.29, 0.717) is 32.1 Å². The van der Waals surface area contributed by atoms with E-state index in [0.717, 1.165) is 51.4 Å². The van der Waals surface area contributed by atoms with Crippen LogP contribution in [0.2, 0.25) is 0 Å². The van der Waals surface area contributed by atoms with Crippen molar-refractivity contribution in [3.05, 3.63) is 48.6 Å². The molecule has 0 radical (unpaired) electrons. The van der Waals surface area contributed by atoms with Gasteiger partial charge in [0, 0.05) is 31.1 Å². The minimum atomic E-state index is -4.83. The van der Waals surface area contributed by atoms with Crippen molar-refractivity contribution in [1.82, 2.24) is 0 Å². The predicted molar refractivity (Wildman–Crippen MR) is 226 cm³/mol. The highest BCUT2D eigenvalue weighted by atomic mass is 31.2. The van der Waals surface area contributed by atoms with Crippen molar-refractivity contribution in [2.24, 2.45) is 11.8 Å². The molecule has 5 atom stereocenters. The second-order valence-electron chi connectivity index (χ2n) is 15.4. The number of carbonyl (C=O) groups excluding carboxylic acids is 3. The molecule has 0 aromatic rings. The highest BCUT2D eigenvalue weighted by molar-refractivity contribution is 7.46. The Hall–Kier alpha value is -2.40. The Morgan fingerprint density at radius 3 is 1.95 bits per heavy atom. The number of ether oxygens (including phenoxy) is 2. The normalized spacial score (nSPS) is 18.8. The summed E-state index contributed by atoms with van der Waals surface area (Å²) in [6.45, 7) is 3.33. The fourth-order valence-corrected chi connectivity index (χ4v) is 7.16. The van der Waals surface area contributed by atoms with Crippen LogP contribution in [0, 0.1) is 11.8 Å². The molecule has 1 aliphatic rings. The van der Waals surface area contributed by atoms with Gasteiger partial charge in [-0.3, -0.25) is 18.9 Å². The largest absolute Gasteiger partial charge is 0.469 e. The van der Waals surface area contributed by atoms with Crippen molar-refractivity contribution in [2.75, 3.05) is 13.2 Å². The second kappa shape index (κ2) is 34.5.